The van der Waals surface area contributed by atoms with Crippen molar-refractivity contribution in [3.8, 4) is 44.5 Å². The van der Waals surface area contributed by atoms with Gasteiger partial charge in [0.15, 0.2) is 0 Å². The molecule has 0 spiro atoms. The molecule has 192 valence electrons. The van der Waals surface area contributed by atoms with Gasteiger partial charge in [0.25, 0.3) is 0 Å². The van der Waals surface area contributed by atoms with Gasteiger partial charge in [-0.25, -0.2) is 0 Å². The molecule has 1 aliphatic carbocycles. The van der Waals surface area contributed by atoms with E-state index in [1.165, 1.54) is 72.0 Å². The topological polar surface area (TPSA) is 0 Å². The molecule has 0 heterocycles. The zero-order valence-electron chi connectivity index (χ0n) is 22.7. The average molecular weight is 521 g/mol. The summed E-state index contributed by atoms with van der Waals surface area (Å²) in [6.45, 7) is 0. The molecule has 8 rings (SSSR count). The summed E-state index contributed by atoms with van der Waals surface area (Å²) in [4.78, 5) is 0. The van der Waals surface area contributed by atoms with Gasteiger partial charge in [0.05, 0.1) is 0 Å². The van der Waals surface area contributed by atoms with Crippen LogP contribution in [0.4, 0.5) is 0 Å². The lowest BCUT2D eigenvalue weighted by Crippen LogP contribution is -1.98. The molecule has 0 saturated carbocycles. The maximum absolute atomic E-state index is 2.33. The van der Waals surface area contributed by atoms with Gasteiger partial charge in [-0.2, -0.15) is 0 Å². The molecular formula is C41H28. The molecular weight excluding hydrogens is 492 g/mol. The third kappa shape index (κ3) is 4.08. The molecule has 0 nitrogen and oxygen atoms in total. The Morgan fingerprint density at radius 3 is 1.51 bits per heavy atom. The summed E-state index contributed by atoms with van der Waals surface area (Å²) in [5.41, 5.74) is 14.3. The van der Waals surface area contributed by atoms with Gasteiger partial charge in [-0.15, -0.1) is 0 Å². The minimum Gasteiger partial charge on any atom is -0.0622 e. The van der Waals surface area contributed by atoms with Crippen LogP contribution in [0.25, 0.3) is 55.3 Å². The van der Waals surface area contributed by atoms with Gasteiger partial charge in [-0.1, -0.05) is 152 Å². The van der Waals surface area contributed by atoms with E-state index >= 15 is 0 Å². The molecule has 1 aliphatic rings. The van der Waals surface area contributed by atoms with Crippen LogP contribution in [-0.2, 0) is 0 Å². The molecule has 0 heteroatoms. The highest BCUT2D eigenvalue weighted by Crippen LogP contribution is 2.48. The molecule has 0 amide bonds. The maximum Gasteiger partial charge on any atom is 0.0352 e. The Bertz CT molecular complexity index is 1970. The quantitative estimate of drug-likeness (QED) is 0.216. The van der Waals surface area contributed by atoms with Gasteiger partial charge in [0, 0.05) is 5.92 Å². The molecule has 7 aromatic carbocycles. The molecule has 7 aromatic rings. The van der Waals surface area contributed by atoms with Crippen molar-refractivity contribution < 1.29 is 0 Å². The average Bonchev–Trinajstić information content (AvgIpc) is 3.39. The lowest BCUT2D eigenvalue weighted by atomic mass is 9.88. The number of fused-ring (bicyclic) bond motifs is 4. The largest absolute Gasteiger partial charge is 0.0622 e. The van der Waals surface area contributed by atoms with Crippen LogP contribution in [0.3, 0.4) is 0 Å². The standard InChI is InChI=1S/C41H28/c1-2-10-28(11-3-1)34-26-33-12-4-5-13-35(33)40(27-34)31-22-18-29(19-23-31)30-20-24-32(25-21-30)41-38-16-8-6-14-36(38)37-15-7-9-17-39(37)41/h1-27,41H. The van der Waals surface area contributed by atoms with E-state index in [1.807, 2.05) is 0 Å². The van der Waals surface area contributed by atoms with Crippen molar-refractivity contribution in [2.75, 3.05) is 0 Å². The van der Waals surface area contributed by atoms with Gasteiger partial charge in [0.1, 0.15) is 0 Å². The maximum atomic E-state index is 2.33. The predicted molar refractivity (Wildman–Crippen MR) is 173 cm³/mol. The van der Waals surface area contributed by atoms with Crippen LogP contribution >= 0.6 is 0 Å². The van der Waals surface area contributed by atoms with E-state index in [1.54, 1.807) is 0 Å². The summed E-state index contributed by atoms with van der Waals surface area (Å²) in [5, 5.41) is 2.54. The Morgan fingerprint density at radius 2 is 0.829 bits per heavy atom. The first kappa shape index (κ1) is 23.7. The summed E-state index contributed by atoms with van der Waals surface area (Å²) >= 11 is 0. The molecule has 0 saturated heterocycles. The predicted octanol–water partition coefficient (Wildman–Crippen LogP) is 11.0. The SMILES string of the molecule is c1ccc(-c2cc(-c3ccc(-c4ccc(C5c6ccccc6-c6ccccc65)cc4)cc3)c3ccccc3c2)cc1. The molecule has 41 heavy (non-hydrogen) atoms. The minimum atomic E-state index is 0.281. The normalized spacial score (nSPS) is 12.3. The molecule has 0 aliphatic heterocycles. The Balaban J connectivity index is 1.14. The Labute approximate surface area is 241 Å². The lowest BCUT2D eigenvalue weighted by Gasteiger charge is -2.15. The summed E-state index contributed by atoms with van der Waals surface area (Å²) in [6.07, 6.45) is 0. The second kappa shape index (κ2) is 9.77. The van der Waals surface area contributed by atoms with Crippen LogP contribution in [0.15, 0.2) is 164 Å². The number of hydrogen-bond donors (Lipinski definition) is 0. The molecule has 0 aromatic heterocycles. The molecule has 0 bridgehead atoms. The summed E-state index contributed by atoms with van der Waals surface area (Å²) in [6, 6.07) is 59.9. The van der Waals surface area contributed by atoms with Gasteiger partial charge in [-0.3, -0.25) is 0 Å². The highest BCUT2D eigenvalue weighted by molar-refractivity contribution is 6.00. The fourth-order valence-corrected chi connectivity index (χ4v) is 6.57. The molecule has 0 atom stereocenters. The molecule has 0 unspecified atom stereocenters. The molecule has 0 N–H and O–H groups in total. The number of rotatable bonds is 4. The molecule has 0 radical (unpaired) electrons. The van der Waals surface area contributed by atoms with Crippen LogP contribution in [0.2, 0.25) is 0 Å². The van der Waals surface area contributed by atoms with E-state index in [0.29, 0.717) is 0 Å². The summed E-state index contributed by atoms with van der Waals surface area (Å²) in [7, 11) is 0. The van der Waals surface area contributed by atoms with Gasteiger partial charge >= 0.3 is 0 Å². The van der Waals surface area contributed by atoms with E-state index in [2.05, 4.69) is 164 Å². The zero-order chi connectivity index (χ0) is 27.2. The molecule has 0 fully saturated rings. The van der Waals surface area contributed by atoms with Crippen LogP contribution in [0, 0.1) is 0 Å². The second-order valence-corrected chi connectivity index (χ2v) is 10.9. The van der Waals surface area contributed by atoms with E-state index in [9.17, 15) is 0 Å². The van der Waals surface area contributed by atoms with E-state index in [4.69, 9.17) is 0 Å². The van der Waals surface area contributed by atoms with Crippen LogP contribution in [0.1, 0.15) is 22.6 Å². The van der Waals surface area contributed by atoms with Crippen molar-refractivity contribution in [3.05, 3.63) is 180 Å². The van der Waals surface area contributed by atoms with Crippen LogP contribution in [0.5, 0.6) is 0 Å². The van der Waals surface area contributed by atoms with Crippen molar-refractivity contribution >= 4 is 10.8 Å². The lowest BCUT2D eigenvalue weighted by molar-refractivity contribution is 1.02. The van der Waals surface area contributed by atoms with E-state index in [0.717, 1.165) is 0 Å². The van der Waals surface area contributed by atoms with Crippen molar-refractivity contribution in [1.29, 1.82) is 0 Å². The Hall–Kier alpha value is -5.20. The van der Waals surface area contributed by atoms with Crippen LogP contribution in [-0.4, -0.2) is 0 Å². The van der Waals surface area contributed by atoms with Gasteiger partial charge in [-0.05, 0) is 84.1 Å². The highest BCUT2D eigenvalue weighted by atomic mass is 14.3. The second-order valence-electron chi connectivity index (χ2n) is 10.9. The third-order valence-corrected chi connectivity index (χ3v) is 8.58. The van der Waals surface area contributed by atoms with E-state index in [-0.39, 0.29) is 5.92 Å². The fraction of sp³-hybridized carbons (Fsp3) is 0.0244. The zero-order valence-corrected chi connectivity index (χ0v) is 22.7. The monoisotopic (exact) mass is 520 g/mol. The number of benzene rings is 7. The van der Waals surface area contributed by atoms with Crippen molar-refractivity contribution in [3.63, 3.8) is 0 Å². The van der Waals surface area contributed by atoms with Crippen LogP contribution < -0.4 is 0 Å². The Kier molecular flexibility index (Phi) is 5.64. The van der Waals surface area contributed by atoms with Crippen molar-refractivity contribution in [2.45, 2.75) is 5.92 Å². The van der Waals surface area contributed by atoms with Crippen molar-refractivity contribution in [1.82, 2.24) is 0 Å². The first-order valence-corrected chi connectivity index (χ1v) is 14.3. The van der Waals surface area contributed by atoms with E-state index < -0.39 is 0 Å². The van der Waals surface area contributed by atoms with Gasteiger partial charge < -0.3 is 0 Å². The smallest absolute Gasteiger partial charge is 0.0352 e. The first-order chi connectivity index (χ1) is 20.3. The fourth-order valence-electron chi connectivity index (χ4n) is 6.57. The van der Waals surface area contributed by atoms with Crippen molar-refractivity contribution in [2.24, 2.45) is 0 Å². The minimum absolute atomic E-state index is 0.281. The third-order valence-electron chi connectivity index (χ3n) is 8.58. The first-order valence-electron chi connectivity index (χ1n) is 14.3. The van der Waals surface area contributed by atoms with Gasteiger partial charge in [0.2, 0.25) is 0 Å². The summed E-state index contributed by atoms with van der Waals surface area (Å²) < 4.78 is 0. The number of hydrogen-bond acceptors (Lipinski definition) is 0. The Morgan fingerprint density at radius 1 is 0.317 bits per heavy atom. The highest BCUT2D eigenvalue weighted by Gasteiger charge is 2.29. The summed E-state index contributed by atoms with van der Waals surface area (Å²) in [5.74, 6) is 0.281.